The Balaban J connectivity index is 1.73. The fourth-order valence-electron chi connectivity index (χ4n) is 1.78. The molecule has 2 heterocycles. The first-order valence-corrected chi connectivity index (χ1v) is 5.41. The number of rotatable bonds is 4. The predicted molar refractivity (Wildman–Crippen MR) is 60.7 cm³/mol. The van der Waals surface area contributed by atoms with E-state index < -0.39 is 0 Å². The van der Waals surface area contributed by atoms with Gasteiger partial charge in [0.25, 0.3) is 0 Å². The highest BCUT2D eigenvalue weighted by atomic mass is 16.5. The van der Waals surface area contributed by atoms with Crippen molar-refractivity contribution < 1.29 is 4.74 Å². The minimum absolute atomic E-state index is 0.429. The van der Waals surface area contributed by atoms with Gasteiger partial charge >= 0.3 is 0 Å². The van der Waals surface area contributed by atoms with E-state index in [0.717, 1.165) is 31.1 Å². The van der Waals surface area contributed by atoms with Gasteiger partial charge in [0.15, 0.2) is 0 Å². The van der Waals surface area contributed by atoms with E-state index in [9.17, 15) is 0 Å². The molecule has 0 bridgehead atoms. The number of nitrogens with two attached hydrogens (primary N) is 1. The lowest BCUT2D eigenvalue weighted by Crippen LogP contribution is -2.13. The molecular weight excluding hydrogens is 190 g/mol. The first-order valence-electron chi connectivity index (χ1n) is 5.41. The molecule has 1 aromatic rings. The molecule has 2 rings (SSSR count). The lowest BCUT2D eigenvalue weighted by Gasteiger charge is -2.10. The van der Waals surface area contributed by atoms with Crippen molar-refractivity contribution in [2.75, 3.05) is 24.2 Å². The van der Waals surface area contributed by atoms with Crippen LogP contribution in [0.1, 0.15) is 19.3 Å². The zero-order valence-corrected chi connectivity index (χ0v) is 8.78. The number of nitrogens with zero attached hydrogens (tertiary/aromatic N) is 1. The Morgan fingerprint density at radius 2 is 2.53 bits per heavy atom. The standard InChI is InChI=1S/C11H17N3O/c12-9-3-5-13-11(8-9)14-6-4-10-2-1-7-15-10/h3,5,8,10H,1-2,4,6-7H2,(H3,12,13,14). The Morgan fingerprint density at radius 3 is 3.27 bits per heavy atom. The van der Waals surface area contributed by atoms with E-state index in [-0.39, 0.29) is 0 Å². The average molecular weight is 207 g/mol. The highest BCUT2D eigenvalue weighted by molar-refractivity contribution is 5.48. The minimum Gasteiger partial charge on any atom is -0.399 e. The molecule has 4 heteroatoms. The van der Waals surface area contributed by atoms with Gasteiger partial charge < -0.3 is 15.8 Å². The molecule has 1 saturated heterocycles. The number of nitrogen functional groups attached to an aromatic ring is 1. The van der Waals surface area contributed by atoms with Gasteiger partial charge in [-0.3, -0.25) is 0 Å². The number of hydrogen-bond donors (Lipinski definition) is 2. The van der Waals surface area contributed by atoms with Crippen molar-refractivity contribution in [2.45, 2.75) is 25.4 Å². The molecule has 1 unspecified atom stereocenters. The zero-order chi connectivity index (χ0) is 10.5. The van der Waals surface area contributed by atoms with Crippen LogP contribution in [0.2, 0.25) is 0 Å². The van der Waals surface area contributed by atoms with Gasteiger partial charge in [0, 0.05) is 31.1 Å². The van der Waals surface area contributed by atoms with E-state index in [0.29, 0.717) is 6.10 Å². The summed E-state index contributed by atoms with van der Waals surface area (Å²) in [6.07, 6.45) is 5.56. The predicted octanol–water partition coefficient (Wildman–Crippen LogP) is 1.64. The molecule has 0 aromatic carbocycles. The summed E-state index contributed by atoms with van der Waals surface area (Å²) in [5.74, 6) is 0.841. The minimum atomic E-state index is 0.429. The molecule has 1 aliphatic heterocycles. The third kappa shape index (κ3) is 3.09. The highest BCUT2D eigenvalue weighted by Crippen LogP contribution is 2.15. The molecular formula is C11H17N3O. The van der Waals surface area contributed by atoms with Gasteiger partial charge in [0.1, 0.15) is 5.82 Å². The third-order valence-corrected chi connectivity index (χ3v) is 2.58. The Bertz CT molecular complexity index is 310. The van der Waals surface area contributed by atoms with Crippen LogP contribution in [0.25, 0.3) is 0 Å². The third-order valence-electron chi connectivity index (χ3n) is 2.58. The van der Waals surface area contributed by atoms with Crippen molar-refractivity contribution in [2.24, 2.45) is 0 Å². The first kappa shape index (κ1) is 10.2. The summed E-state index contributed by atoms with van der Waals surface area (Å²) in [6, 6.07) is 3.63. The number of hydrogen-bond acceptors (Lipinski definition) is 4. The van der Waals surface area contributed by atoms with Gasteiger partial charge in [-0.15, -0.1) is 0 Å². The fourth-order valence-corrected chi connectivity index (χ4v) is 1.78. The normalized spacial score (nSPS) is 20.4. The van der Waals surface area contributed by atoms with E-state index in [4.69, 9.17) is 10.5 Å². The smallest absolute Gasteiger partial charge is 0.127 e. The van der Waals surface area contributed by atoms with Crippen LogP contribution >= 0.6 is 0 Å². The topological polar surface area (TPSA) is 60.2 Å². The van der Waals surface area contributed by atoms with Crippen LogP contribution < -0.4 is 11.1 Å². The number of aromatic nitrogens is 1. The SMILES string of the molecule is Nc1ccnc(NCCC2CCCO2)c1. The fraction of sp³-hybridized carbons (Fsp3) is 0.545. The van der Waals surface area contributed by atoms with E-state index in [1.54, 1.807) is 12.3 Å². The molecule has 1 aliphatic rings. The molecule has 1 aromatic heterocycles. The van der Waals surface area contributed by atoms with Gasteiger partial charge in [-0.1, -0.05) is 0 Å². The summed E-state index contributed by atoms with van der Waals surface area (Å²) in [6.45, 7) is 1.81. The van der Waals surface area contributed by atoms with Crippen molar-refractivity contribution in [3.8, 4) is 0 Å². The molecule has 0 radical (unpaired) electrons. The van der Waals surface area contributed by atoms with E-state index >= 15 is 0 Å². The number of nitrogens with one attached hydrogen (secondary N) is 1. The maximum atomic E-state index is 5.65. The largest absolute Gasteiger partial charge is 0.399 e. The summed E-state index contributed by atoms with van der Waals surface area (Å²) >= 11 is 0. The van der Waals surface area contributed by atoms with Crippen molar-refractivity contribution in [3.63, 3.8) is 0 Å². The summed E-state index contributed by atoms with van der Waals surface area (Å²) in [4.78, 5) is 4.17. The molecule has 0 aliphatic carbocycles. The van der Waals surface area contributed by atoms with Crippen LogP contribution in [-0.4, -0.2) is 24.2 Å². The molecule has 1 atom stereocenters. The van der Waals surface area contributed by atoms with Gasteiger partial charge in [0.2, 0.25) is 0 Å². The van der Waals surface area contributed by atoms with Gasteiger partial charge in [-0.2, -0.15) is 0 Å². The highest BCUT2D eigenvalue weighted by Gasteiger charge is 2.14. The average Bonchev–Trinajstić information content (AvgIpc) is 2.71. The monoisotopic (exact) mass is 207 g/mol. The van der Waals surface area contributed by atoms with Crippen molar-refractivity contribution in [1.29, 1.82) is 0 Å². The van der Waals surface area contributed by atoms with Crippen LogP contribution in [0.4, 0.5) is 11.5 Å². The quantitative estimate of drug-likeness (QED) is 0.788. The second kappa shape index (κ2) is 4.98. The van der Waals surface area contributed by atoms with E-state index in [2.05, 4.69) is 10.3 Å². The molecule has 0 saturated carbocycles. The Hall–Kier alpha value is -1.29. The molecule has 0 spiro atoms. The number of pyridine rings is 1. The summed E-state index contributed by atoms with van der Waals surface area (Å²) < 4.78 is 5.53. The van der Waals surface area contributed by atoms with Crippen LogP contribution in [0.3, 0.4) is 0 Å². The van der Waals surface area contributed by atoms with Crippen LogP contribution in [0.5, 0.6) is 0 Å². The van der Waals surface area contributed by atoms with Gasteiger partial charge in [0.05, 0.1) is 6.10 Å². The van der Waals surface area contributed by atoms with E-state index in [1.165, 1.54) is 12.8 Å². The van der Waals surface area contributed by atoms with Crippen LogP contribution in [0, 0.1) is 0 Å². The molecule has 4 nitrogen and oxygen atoms in total. The van der Waals surface area contributed by atoms with Crippen LogP contribution in [0.15, 0.2) is 18.3 Å². The summed E-state index contributed by atoms with van der Waals surface area (Å²) in [7, 11) is 0. The summed E-state index contributed by atoms with van der Waals surface area (Å²) in [5, 5.41) is 3.24. The molecule has 15 heavy (non-hydrogen) atoms. The van der Waals surface area contributed by atoms with Gasteiger partial charge in [-0.25, -0.2) is 4.98 Å². The number of anilines is 2. The summed E-state index contributed by atoms with van der Waals surface area (Å²) in [5.41, 5.74) is 6.39. The lowest BCUT2D eigenvalue weighted by molar-refractivity contribution is 0.107. The Labute approximate surface area is 89.8 Å². The van der Waals surface area contributed by atoms with Gasteiger partial charge in [-0.05, 0) is 25.3 Å². The zero-order valence-electron chi connectivity index (χ0n) is 8.78. The molecule has 3 N–H and O–H groups in total. The van der Waals surface area contributed by atoms with Crippen molar-refractivity contribution in [3.05, 3.63) is 18.3 Å². The van der Waals surface area contributed by atoms with Crippen molar-refractivity contribution in [1.82, 2.24) is 4.98 Å². The lowest BCUT2D eigenvalue weighted by atomic mass is 10.2. The maximum absolute atomic E-state index is 5.65. The van der Waals surface area contributed by atoms with Crippen molar-refractivity contribution >= 4 is 11.5 Å². The number of ether oxygens (including phenoxy) is 1. The Kier molecular flexibility index (Phi) is 3.40. The molecule has 82 valence electrons. The molecule has 0 amide bonds. The second-order valence-electron chi connectivity index (χ2n) is 3.82. The Morgan fingerprint density at radius 1 is 1.60 bits per heavy atom. The second-order valence-corrected chi connectivity index (χ2v) is 3.82. The molecule has 1 fully saturated rings. The maximum Gasteiger partial charge on any atom is 0.127 e. The van der Waals surface area contributed by atoms with E-state index in [1.807, 2.05) is 6.07 Å². The van der Waals surface area contributed by atoms with Crippen LogP contribution in [-0.2, 0) is 4.74 Å². The first-order chi connectivity index (χ1) is 7.34.